The Bertz CT molecular complexity index is 1190. The Hall–Kier alpha value is -3.68. The minimum Gasteiger partial charge on any atom is -0.484 e. The monoisotopic (exact) mass is 450 g/mol. The molecule has 3 aromatic rings. The second kappa shape index (κ2) is 11.3. The first-order chi connectivity index (χ1) is 15.9. The van der Waals surface area contributed by atoms with Crippen LogP contribution in [0.25, 0.3) is 10.8 Å². The molecule has 174 valence electrons. The molecule has 8 nitrogen and oxygen atoms in total. The fourth-order valence-electron chi connectivity index (χ4n) is 3.40. The van der Waals surface area contributed by atoms with Gasteiger partial charge >= 0.3 is 0 Å². The van der Waals surface area contributed by atoms with Gasteiger partial charge in [-0.15, -0.1) is 0 Å². The molecule has 0 bridgehead atoms. The Balaban J connectivity index is 1.67. The van der Waals surface area contributed by atoms with Gasteiger partial charge in [0.25, 0.3) is 17.4 Å². The summed E-state index contributed by atoms with van der Waals surface area (Å²) in [5.74, 6) is -0.201. The molecule has 0 atom stereocenters. The van der Waals surface area contributed by atoms with Gasteiger partial charge in [0.15, 0.2) is 12.3 Å². The van der Waals surface area contributed by atoms with Crippen molar-refractivity contribution < 1.29 is 14.3 Å². The zero-order valence-electron chi connectivity index (χ0n) is 19.3. The van der Waals surface area contributed by atoms with Crippen LogP contribution in [0, 0.1) is 0 Å². The second-order valence-electron chi connectivity index (χ2n) is 8.15. The highest BCUT2D eigenvalue weighted by atomic mass is 16.5. The van der Waals surface area contributed by atoms with Gasteiger partial charge in [0.05, 0.1) is 5.39 Å². The van der Waals surface area contributed by atoms with Crippen LogP contribution in [0.4, 0.5) is 0 Å². The van der Waals surface area contributed by atoms with Gasteiger partial charge < -0.3 is 4.74 Å². The molecule has 3 rings (SSSR count). The predicted octanol–water partition coefficient (Wildman–Crippen LogP) is 3.55. The average molecular weight is 451 g/mol. The summed E-state index contributed by atoms with van der Waals surface area (Å²) in [6.45, 7) is 6.39. The molecule has 1 heterocycles. The molecule has 0 aliphatic heterocycles. The second-order valence-corrected chi connectivity index (χ2v) is 8.15. The van der Waals surface area contributed by atoms with Gasteiger partial charge in [-0.25, -0.2) is 4.68 Å². The van der Waals surface area contributed by atoms with Gasteiger partial charge in [-0.05, 0) is 36.1 Å². The van der Waals surface area contributed by atoms with Gasteiger partial charge in [-0.2, -0.15) is 5.10 Å². The molecule has 0 unspecified atom stereocenters. The van der Waals surface area contributed by atoms with Crippen LogP contribution in [-0.4, -0.2) is 28.2 Å². The number of hydrazine groups is 1. The Kier molecular flexibility index (Phi) is 8.18. The number of fused-ring (bicyclic) bond motifs is 1. The van der Waals surface area contributed by atoms with Crippen molar-refractivity contribution in [2.75, 3.05) is 6.61 Å². The molecule has 0 saturated carbocycles. The van der Waals surface area contributed by atoms with E-state index in [0.717, 1.165) is 24.8 Å². The molecule has 2 aromatic carbocycles. The SMILES string of the molecule is CCCCCn1nc(C(=O)NNC(=O)COc2cccc(C(C)C)c2)c2ccccc2c1=O. The lowest BCUT2D eigenvalue weighted by molar-refractivity contribution is -0.123. The molecule has 0 aliphatic rings. The van der Waals surface area contributed by atoms with E-state index in [1.807, 2.05) is 18.2 Å². The summed E-state index contributed by atoms with van der Waals surface area (Å²) in [5.41, 5.74) is 5.67. The molecule has 1 aromatic heterocycles. The van der Waals surface area contributed by atoms with Crippen molar-refractivity contribution in [1.82, 2.24) is 20.6 Å². The van der Waals surface area contributed by atoms with Crippen molar-refractivity contribution in [3.8, 4) is 5.75 Å². The van der Waals surface area contributed by atoms with Crippen molar-refractivity contribution >= 4 is 22.6 Å². The van der Waals surface area contributed by atoms with Gasteiger partial charge in [0, 0.05) is 11.9 Å². The molecular formula is C25H30N4O4. The fraction of sp³-hybridized carbons (Fsp3) is 0.360. The van der Waals surface area contributed by atoms with Gasteiger partial charge in [0.1, 0.15) is 5.75 Å². The van der Waals surface area contributed by atoms with Gasteiger partial charge in [-0.1, -0.05) is 63.9 Å². The summed E-state index contributed by atoms with van der Waals surface area (Å²) in [7, 11) is 0. The number of rotatable bonds is 9. The van der Waals surface area contributed by atoms with Crippen molar-refractivity contribution in [1.29, 1.82) is 0 Å². The molecule has 0 spiro atoms. The molecule has 2 amide bonds. The number of nitrogens with one attached hydrogen (secondary N) is 2. The van der Waals surface area contributed by atoms with Gasteiger partial charge in [-0.3, -0.25) is 25.2 Å². The maximum atomic E-state index is 12.8. The van der Waals surface area contributed by atoms with Crippen LogP contribution in [0.1, 0.15) is 62.0 Å². The van der Waals surface area contributed by atoms with Crippen molar-refractivity contribution in [3.05, 3.63) is 70.1 Å². The number of aromatic nitrogens is 2. The molecule has 0 saturated heterocycles. The van der Waals surface area contributed by atoms with Crippen molar-refractivity contribution in [2.24, 2.45) is 0 Å². The topological polar surface area (TPSA) is 102 Å². The normalized spacial score (nSPS) is 10.9. The molecular weight excluding hydrogens is 420 g/mol. The lowest BCUT2D eigenvalue weighted by Crippen LogP contribution is -2.44. The Morgan fingerprint density at radius 2 is 1.79 bits per heavy atom. The number of nitrogens with zero attached hydrogens (tertiary/aromatic N) is 2. The first-order valence-corrected chi connectivity index (χ1v) is 11.2. The number of amides is 2. The first-order valence-electron chi connectivity index (χ1n) is 11.2. The Labute approximate surface area is 192 Å². The van der Waals surface area contributed by atoms with E-state index in [9.17, 15) is 14.4 Å². The number of hydrogen-bond acceptors (Lipinski definition) is 5. The number of aryl methyl sites for hydroxylation is 1. The van der Waals surface area contributed by atoms with E-state index in [-0.39, 0.29) is 17.9 Å². The summed E-state index contributed by atoms with van der Waals surface area (Å²) < 4.78 is 6.85. The highest BCUT2D eigenvalue weighted by molar-refractivity contribution is 6.05. The summed E-state index contributed by atoms with van der Waals surface area (Å²) in [6.07, 6.45) is 2.75. The van der Waals surface area contributed by atoms with Gasteiger partial charge in [0.2, 0.25) is 0 Å². The largest absolute Gasteiger partial charge is 0.484 e. The van der Waals surface area contributed by atoms with Crippen LogP contribution in [0.5, 0.6) is 5.75 Å². The van der Waals surface area contributed by atoms with E-state index in [1.54, 1.807) is 30.3 Å². The number of unbranched alkanes of at least 4 members (excludes halogenated alkanes) is 2. The first kappa shape index (κ1) is 24.0. The number of carbonyl (C=O) groups excluding carboxylic acids is 2. The minimum absolute atomic E-state index is 0.0764. The van der Waals surface area contributed by atoms with Crippen LogP contribution in [0.3, 0.4) is 0 Å². The third-order valence-corrected chi connectivity index (χ3v) is 5.27. The quantitative estimate of drug-likeness (QED) is 0.383. The highest BCUT2D eigenvalue weighted by Crippen LogP contribution is 2.20. The molecule has 8 heteroatoms. The Morgan fingerprint density at radius 1 is 1.03 bits per heavy atom. The third-order valence-electron chi connectivity index (χ3n) is 5.27. The van der Waals surface area contributed by atoms with E-state index >= 15 is 0 Å². The van der Waals surface area contributed by atoms with E-state index < -0.39 is 11.8 Å². The number of hydrogen-bond donors (Lipinski definition) is 2. The number of benzene rings is 2. The van der Waals surface area contributed by atoms with E-state index in [2.05, 4.69) is 36.7 Å². The molecule has 33 heavy (non-hydrogen) atoms. The zero-order valence-corrected chi connectivity index (χ0v) is 19.3. The summed E-state index contributed by atoms with van der Waals surface area (Å²) in [5, 5.41) is 5.12. The highest BCUT2D eigenvalue weighted by Gasteiger charge is 2.17. The number of ether oxygens (including phenoxy) is 1. The zero-order chi connectivity index (χ0) is 23.8. The predicted molar refractivity (Wildman–Crippen MR) is 127 cm³/mol. The molecule has 0 fully saturated rings. The van der Waals surface area contributed by atoms with E-state index in [4.69, 9.17) is 4.74 Å². The standard InChI is InChI=1S/C25H30N4O4/c1-4-5-8-14-29-25(32)21-13-7-6-12-20(21)23(28-29)24(31)27-26-22(30)16-33-19-11-9-10-18(15-19)17(2)3/h6-7,9-13,15,17H,4-5,8,14,16H2,1-3H3,(H,26,30)(H,27,31). The van der Waals surface area contributed by atoms with Crippen LogP contribution >= 0.6 is 0 Å². The average Bonchev–Trinajstić information content (AvgIpc) is 2.83. The van der Waals surface area contributed by atoms with E-state index in [0.29, 0.717) is 29.0 Å². The summed E-state index contributed by atoms with van der Waals surface area (Å²) >= 11 is 0. The maximum Gasteiger partial charge on any atom is 0.290 e. The summed E-state index contributed by atoms with van der Waals surface area (Å²) in [6, 6.07) is 14.3. The lowest BCUT2D eigenvalue weighted by Gasteiger charge is -2.12. The van der Waals surface area contributed by atoms with Crippen molar-refractivity contribution in [3.63, 3.8) is 0 Å². The number of carbonyl (C=O) groups is 2. The maximum absolute atomic E-state index is 12.8. The molecule has 0 aliphatic carbocycles. The van der Waals surface area contributed by atoms with Crippen LogP contribution in [0.2, 0.25) is 0 Å². The smallest absolute Gasteiger partial charge is 0.290 e. The van der Waals surface area contributed by atoms with Crippen LogP contribution in [-0.2, 0) is 11.3 Å². The molecule has 2 N–H and O–H groups in total. The van der Waals surface area contributed by atoms with Crippen LogP contribution in [0.15, 0.2) is 53.3 Å². The fourth-order valence-corrected chi connectivity index (χ4v) is 3.40. The molecule has 0 radical (unpaired) electrons. The lowest BCUT2D eigenvalue weighted by atomic mass is 10.0. The van der Waals surface area contributed by atoms with E-state index in [1.165, 1.54) is 4.68 Å². The minimum atomic E-state index is -0.606. The third kappa shape index (κ3) is 6.19. The summed E-state index contributed by atoms with van der Waals surface area (Å²) in [4.78, 5) is 37.7. The van der Waals surface area contributed by atoms with Crippen LogP contribution < -0.4 is 21.1 Å². The van der Waals surface area contributed by atoms with Crippen molar-refractivity contribution in [2.45, 2.75) is 52.5 Å². The Morgan fingerprint density at radius 3 is 2.52 bits per heavy atom.